The van der Waals surface area contributed by atoms with E-state index in [0.717, 1.165) is 34.1 Å². The molecule has 1 fully saturated rings. The number of carbonyl (C=O) groups is 1. The first-order chi connectivity index (χ1) is 14.9. The van der Waals surface area contributed by atoms with Crippen molar-refractivity contribution < 1.29 is 9.53 Å². The third-order valence-electron chi connectivity index (χ3n) is 4.87. The van der Waals surface area contributed by atoms with E-state index < -0.39 is 0 Å². The van der Waals surface area contributed by atoms with Gasteiger partial charge in [0.25, 0.3) is 5.91 Å². The molecule has 0 atom stereocenters. The number of aliphatic imine (C=N–C) groups is 1. The van der Waals surface area contributed by atoms with Gasteiger partial charge in [-0.3, -0.25) is 4.79 Å². The molecule has 1 aliphatic heterocycles. The van der Waals surface area contributed by atoms with Crippen molar-refractivity contribution in [1.82, 2.24) is 9.88 Å². The molecular weight excluding hydrogens is 453 g/mol. The van der Waals surface area contributed by atoms with Gasteiger partial charge in [0, 0.05) is 17.1 Å². The molecular formula is C23H19Cl2N3O2S. The number of methoxy groups -OCH3 is 1. The number of nitrogens with zero attached hydrogens (tertiary/aromatic N) is 2. The largest absolute Gasteiger partial charge is 0.497 e. The average Bonchev–Trinajstić information content (AvgIpc) is 3.23. The maximum absolute atomic E-state index is 12.5. The Kier molecular flexibility index (Phi) is 6.14. The fourth-order valence-corrected chi connectivity index (χ4v) is 4.48. The van der Waals surface area contributed by atoms with Gasteiger partial charge in [0.2, 0.25) is 0 Å². The molecule has 8 heteroatoms. The predicted octanol–water partition coefficient (Wildman–Crippen LogP) is 6.30. The monoisotopic (exact) mass is 471 g/mol. The van der Waals surface area contributed by atoms with E-state index in [-0.39, 0.29) is 5.91 Å². The van der Waals surface area contributed by atoms with Crippen LogP contribution in [0.2, 0.25) is 10.0 Å². The molecule has 1 N–H and O–H groups in total. The lowest BCUT2D eigenvalue weighted by atomic mass is 10.2. The number of ether oxygens (including phenoxy) is 1. The number of halogens is 2. The van der Waals surface area contributed by atoms with E-state index in [4.69, 9.17) is 27.9 Å². The zero-order chi connectivity index (χ0) is 22.1. The zero-order valence-corrected chi connectivity index (χ0v) is 19.4. The molecule has 1 saturated heterocycles. The second-order valence-corrected chi connectivity index (χ2v) is 8.79. The molecule has 2 heterocycles. The van der Waals surface area contributed by atoms with Crippen molar-refractivity contribution in [3.8, 4) is 11.4 Å². The number of amidine groups is 1. The van der Waals surface area contributed by atoms with Gasteiger partial charge in [-0.25, -0.2) is 4.99 Å². The Bertz CT molecular complexity index is 1230. The molecule has 0 spiro atoms. The molecule has 0 saturated carbocycles. The van der Waals surface area contributed by atoms with Gasteiger partial charge >= 0.3 is 0 Å². The maximum atomic E-state index is 12.5. The van der Waals surface area contributed by atoms with Crippen molar-refractivity contribution in [2.24, 2.45) is 4.99 Å². The molecule has 4 rings (SSSR count). The van der Waals surface area contributed by atoms with Crippen molar-refractivity contribution in [3.05, 3.63) is 80.4 Å². The first-order valence-electron chi connectivity index (χ1n) is 9.43. The number of aromatic nitrogens is 1. The normalized spacial score (nSPS) is 16.2. The topological polar surface area (TPSA) is 55.6 Å². The van der Waals surface area contributed by atoms with E-state index >= 15 is 0 Å². The van der Waals surface area contributed by atoms with Gasteiger partial charge in [0.15, 0.2) is 5.17 Å². The lowest BCUT2D eigenvalue weighted by Gasteiger charge is -2.10. The number of hydrogen-bond donors (Lipinski definition) is 1. The van der Waals surface area contributed by atoms with E-state index in [1.165, 1.54) is 11.8 Å². The van der Waals surface area contributed by atoms with Crippen LogP contribution >= 0.6 is 35.0 Å². The van der Waals surface area contributed by atoms with Crippen LogP contribution in [-0.2, 0) is 4.79 Å². The van der Waals surface area contributed by atoms with Crippen molar-refractivity contribution in [2.75, 3.05) is 7.11 Å². The van der Waals surface area contributed by atoms with E-state index in [1.807, 2.05) is 62.4 Å². The second-order valence-electron chi connectivity index (χ2n) is 6.94. The smallest absolute Gasteiger partial charge is 0.264 e. The quantitative estimate of drug-likeness (QED) is 0.454. The zero-order valence-electron chi connectivity index (χ0n) is 17.1. The van der Waals surface area contributed by atoms with Crippen LogP contribution < -0.4 is 10.1 Å². The molecule has 0 aliphatic carbocycles. The van der Waals surface area contributed by atoms with Crippen LogP contribution in [0.4, 0.5) is 5.69 Å². The molecule has 5 nitrogen and oxygen atoms in total. The van der Waals surface area contributed by atoms with Gasteiger partial charge in [-0.2, -0.15) is 0 Å². The number of rotatable bonds is 4. The number of aryl methyl sites for hydroxylation is 1. The highest BCUT2D eigenvalue weighted by Crippen LogP contribution is 2.32. The molecule has 158 valence electrons. The summed E-state index contributed by atoms with van der Waals surface area (Å²) in [6.07, 6.45) is 1.88. The van der Waals surface area contributed by atoms with E-state index in [1.54, 1.807) is 13.2 Å². The summed E-state index contributed by atoms with van der Waals surface area (Å²) in [5.41, 5.74) is 4.63. The summed E-state index contributed by atoms with van der Waals surface area (Å²) in [7, 11) is 1.61. The number of amides is 1. The van der Waals surface area contributed by atoms with Crippen LogP contribution in [0.15, 0.2) is 58.4 Å². The Morgan fingerprint density at radius 3 is 2.48 bits per heavy atom. The van der Waals surface area contributed by atoms with Crippen molar-refractivity contribution in [2.45, 2.75) is 13.8 Å². The molecule has 1 aliphatic rings. The number of hydrogen-bond acceptors (Lipinski definition) is 4. The number of thioether (sulfide) groups is 1. The Morgan fingerprint density at radius 2 is 1.81 bits per heavy atom. The fraction of sp³-hybridized carbons (Fsp3) is 0.130. The van der Waals surface area contributed by atoms with Crippen LogP contribution in [0.1, 0.15) is 17.0 Å². The lowest BCUT2D eigenvalue weighted by molar-refractivity contribution is -0.115. The SMILES string of the molecule is COc1ccc(N=C2NC(=O)/C(=C/c3cc(C)n(-c4ccc(Cl)c(Cl)c4)c3C)S2)cc1. The van der Waals surface area contributed by atoms with E-state index in [9.17, 15) is 4.79 Å². The summed E-state index contributed by atoms with van der Waals surface area (Å²) in [4.78, 5) is 17.6. The lowest BCUT2D eigenvalue weighted by Crippen LogP contribution is -2.19. The third kappa shape index (κ3) is 4.51. The van der Waals surface area contributed by atoms with Gasteiger partial charge in [-0.15, -0.1) is 0 Å². The maximum Gasteiger partial charge on any atom is 0.264 e. The summed E-state index contributed by atoms with van der Waals surface area (Å²) in [5.74, 6) is 0.585. The number of nitrogens with one attached hydrogen (secondary N) is 1. The van der Waals surface area contributed by atoms with E-state index in [2.05, 4.69) is 14.9 Å². The van der Waals surface area contributed by atoms with Crippen molar-refractivity contribution in [1.29, 1.82) is 0 Å². The van der Waals surface area contributed by atoms with Crippen LogP contribution in [0.3, 0.4) is 0 Å². The average molecular weight is 472 g/mol. The summed E-state index contributed by atoms with van der Waals surface area (Å²) in [5, 5.41) is 4.37. The molecule has 1 aromatic heterocycles. The highest BCUT2D eigenvalue weighted by Gasteiger charge is 2.24. The van der Waals surface area contributed by atoms with Crippen LogP contribution in [0.25, 0.3) is 11.8 Å². The fourth-order valence-electron chi connectivity index (χ4n) is 3.35. The molecule has 0 bridgehead atoms. The first kappa shape index (κ1) is 21.6. The molecule has 31 heavy (non-hydrogen) atoms. The van der Waals surface area contributed by atoms with E-state index in [0.29, 0.717) is 20.1 Å². The highest BCUT2D eigenvalue weighted by molar-refractivity contribution is 8.18. The number of carbonyl (C=O) groups excluding carboxylic acids is 1. The first-order valence-corrected chi connectivity index (χ1v) is 11.0. The van der Waals surface area contributed by atoms with Gasteiger partial charge in [0.1, 0.15) is 5.75 Å². The standard InChI is InChI=1S/C23H19Cl2N3O2S/c1-13-10-15(14(2)28(13)17-6-9-19(24)20(25)12-17)11-21-22(29)27-23(31-21)26-16-4-7-18(30-3)8-5-16/h4-12H,1-3H3,(H,26,27,29)/b21-11-. The predicted molar refractivity (Wildman–Crippen MR) is 129 cm³/mol. The highest BCUT2D eigenvalue weighted by atomic mass is 35.5. The van der Waals surface area contributed by atoms with Gasteiger partial charge < -0.3 is 14.6 Å². The van der Waals surface area contributed by atoms with Crippen LogP contribution in [0, 0.1) is 13.8 Å². The van der Waals surface area contributed by atoms with Crippen molar-refractivity contribution >= 4 is 57.8 Å². The molecule has 0 radical (unpaired) electrons. The van der Waals surface area contributed by atoms with Crippen molar-refractivity contribution in [3.63, 3.8) is 0 Å². The Morgan fingerprint density at radius 1 is 1.06 bits per heavy atom. The van der Waals surface area contributed by atoms with Crippen LogP contribution in [0.5, 0.6) is 5.75 Å². The van der Waals surface area contributed by atoms with Gasteiger partial charge in [-0.05, 0) is 85.8 Å². The summed E-state index contributed by atoms with van der Waals surface area (Å²) in [6.45, 7) is 4.02. The summed E-state index contributed by atoms with van der Waals surface area (Å²) < 4.78 is 7.24. The Hall–Kier alpha value is -2.67. The minimum absolute atomic E-state index is 0.170. The summed E-state index contributed by atoms with van der Waals surface area (Å²) >= 11 is 13.6. The van der Waals surface area contributed by atoms with Crippen LogP contribution in [-0.4, -0.2) is 22.8 Å². The minimum Gasteiger partial charge on any atom is -0.497 e. The minimum atomic E-state index is -0.170. The van der Waals surface area contributed by atoms with Gasteiger partial charge in [0.05, 0.1) is 27.7 Å². The Balaban J connectivity index is 1.62. The summed E-state index contributed by atoms with van der Waals surface area (Å²) in [6, 6.07) is 14.9. The molecule has 3 aromatic rings. The molecule has 1 amide bonds. The Labute approximate surface area is 194 Å². The second kappa shape index (κ2) is 8.83. The number of benzene rings is 2. The van der Waals surface area contributed by atoms with Gasteiger partial charge in [-0.1, -0.05) is 23.2 Å². The molecule has 0 unspecified atom stereocenters. The third-order valence-corrected chi connectivity index (χ3v) is 6.52. The molecule has 2 aromatic carbocycles.